The Bertz CT molecular complexity index is 373. The van der Waals surface area contributed by atoms with Crippen LogP contribution in [0.3, 0.4) is 0 Å². The van der Waals surface area contributed by atoms with Crippen LogP contribution < -0.4 is 10.5 Å². The molecule has 1 atom stereocenters. The molecule has 16 heavy (non-hydrogen) atoms. The Morgan fingerprint density at radius 1 is 1.56 bits per heavy atom. The summed E-state index contributed by atoms with van der Waals surface area (Å²) in [5.41, 5.74) is 5.07. The van der Waals surface area contributed by atoms with E-state index in [9.17, 15) is 4.79 Å². The van der Waals surface area contributed by atoms with Crippen molar-refractivity contribution in [1.82, 2.24) is 5.16 Å². The third-order valence-corrected chi connectivity index (χ3v) is 2.57. The van der Waals surface area contributed by atoms with E-state index in [0.717, 1.165) is 0 Å². The summed E-state index contributed by atoms with van der Waals surface area (Å²) in [5, 5.41) is 3.66. The first-order valence-electron chi connectivity index (χ1n) is 4.78. The van der Waals surface area contributed by atoms with E-state index in [-0.39, 0.29) is 0 Å². The molecule has 0 spiro atoms. The van der Waals surface area contributed by atoms with Crippen molar-refractivity contribution in [2.45, 2.75) is 25.3 Å². The van der Waals surface area contributed by atoms with Gasteiger partial charge in [-0.05, 0) is 5.16 Å². The number of nitrogens with zero attached hydrogens (tertiary/aromatic N) is 1. The van der Waals surface area contributed by atoms with Crippen LogP contribution >= 0.6 is 0 Å². The van der Waals surface area contributed by atoms with Crippen LogP contribution in [0.15, 0.2) is 10.6 Å². The average Bonchev–Trinajstić information content (AvgIpc) is 2.75. The fourth-order valence-corrected chi connectivity index (χ4v) is 1.23. The normalized spacial score (nSPS) is 13.3. The average molecular weight is 228 g/mol. The van der Waals surface area contributed by atoms with Crippen LogP contribution in [-0.2, 0) is 14.9 Å². The highest BCUT2D eigenvalue weighted by Crippen LogP contribution is 2.29. The fraction of sp³-hybridized carbons (Fsp3) is 0.600. The quantitative estimate of drug-likeness (QED) is 0.753. The molecule has 90 valence electrons. The van der Waals surface area contributed by atoms with Gasteiger partial charge in [-0.3, -0.25) is 4.79 Å². The van der Waals surface area contributed by atoms with Gasteiger partial charge >= 0.3 is 5.97 Å². The summed E-state index contributed by atoms with van der Waals surface area (Å²) in [7, 11) is 2.77. The highest BCUT2D eigenvalue weighted by atomic mass is 16.5. The summed E-state index contributed by atoms with van der Waals surface area (Å²) < 4.78 is 14.6. The largest absolute Gasteiger partial charge is 0.479 e. The number of nitrogens with two attached hydrogens (primary N) is 1. The number of esters is 1. The SMILES string of the molecule is COC(=O)C(N)C(C)(C)c1cc(OC)no1. The van der Waals surface area contributed by atoms with E-state index in [1.807, 2.05) is 0 Å². The molecule has 1 aromatic rings. The van der Waals surface area contributed by atoms with Crippen molar-refractivity contribution in [3.8, 4) is 5.88 Å². The highest BCUT2D eigenvalue weighted by molar-refractivity contribution is 5.77. The van der Waals surface area contributed by atoms with Gasteiger partial charge in [-0.2, -0.15) is 0 Å². The number of methoxy groups -OCH3 is 2. The van der Waals surface area contributed by atoms with E-state index >= 15 is 0 Å². The van der Waals surface area contributed by atoms with Crippen molar-refractivity contribution >= 4 is 5.97 Å². The number of carbonyl (C=O) groups excluding carboxylic acids is 1. The van der Waals surface area contributed by atoms with Gasteiger partial charge in [-0.15, -0.1) is 0 Å². The summed E-state index contributed by atoms with van der Waals surface area (Å²) in [6, 6.07) is 0.776. The molecule has 0 fully saturated rings. The van der Waals surface area contributed by atoms with Crippen LogP contribution in [0.5, 0.6) is 5.88 Å². The van der Waals surface area contributed by atoms with Gasteiger partial charge in [-0.25, -0.2) is 0 Å². The predicted molar refractivity (Wildman–Crippen MR) is 56.1 cm³/mol. The number of carbonyl (C=O) groups is 1. The maximum atomic E-state index is 11.4. The minimum atomic E-state index is -0.824. The Morgan fingerprint density at radius 2 is 2.19 bits per heavy atom. The molecule has 0 aliphatic carbocycles. The van der Waals surface area contributed by atoms with E-state index in [4.69, 9.17) is 15.0 Å². The monoisotopic (exact) mass is 228 g/mol. The molecular weight excluding hydrogens is 212 g/mol. The number of ether oxygens (including phenoxy) is 2. The molecule has 1 rings (SSSR count). The second-order valence-electron chi connectivity index (χ2n) is 3.96. The van der Waals surface area contributed by atoms with Crippen LogP contribution in [0, 0.1) is 0 Å². The molecule has 0 aliphatic rings. The molecule has 0 aliphatic heterocycles. The van der Waals surface area contributed by atoms with Gasteiger partial charge in [0.25, 0.3) is 5.88 Å². The molecule has 0 aromatic carbocycles. The van der Waals surface area contributed by atoms with E-state index in [1.54, 1.807) is 19.9 Å². The second-order valence-corrected chi connectivity index (χ2v) is 3.96. The van der Waals surface area contributed by atoms with Gasteiger partial charge in [-0.1, -0.05) is 13.8 Å². The Balaban J connectivity index is 2.95. The lowest BCUT2D eigenvalue weighted by Gasteiger charge is -2.26. The maximum absolute atomic E-state index is 11.4. The van der Waals surface area contributed by atoms with Gasteiger partial charge < -0.3 is 19.7 Å². The Kier molecular flexibility index (Phi) is 3.54. The smallest absolute Gasteiger partial charge is 0.323 e. The van der Waals surface area contributed by atoms with Gasteiger partial charge in [0.2, 0.25) is 0 Å². The van der Waals surface area contributed by atoms with Crippen LogP contribution in [0.2, 0.25) is 0 Å². The molecule has 0 amide bonds. The first kappa shape index (κ1) is 12.5. The molecule has 6 heteroatoms. The zero-order valence-electron chi connectivity index (χ0n) is 9.81. The van der Waals surface area contributed by atoms with Crippen molar-refractivity contribution in [2.75, 3.05) is 14.2 Å². The van der Waals surface area contributed by atoms with Crippen LogP contribution in [0.25, 0.3) is 0 Å². The van der Waals surface area contributed by atoms with E-state index < -0.39 is 17.4 Å². The van der Waals surface area contributed by atoms with Crippen molar-refractivity contribution in [2.24, 2.45) is 5.73 Å². The minimum absolute atomic E-state index is 0.347. The molecule has 2 N–H and O–H groups in total. The van der Waals surface area contributed by atoms with Crippen LogP contribution in [-0.4, -0.2) is 31.4 Å². The Hall–Kier alpha value is -1.56. The van der Waals surface area contributed by atoms with Gasteiger partial charge in [0.1, 0.15) is 11.8 Å². The molecule has 1 aromatic heterocycles. The van der Waals surface area contributed by atoms with E-state index in [0.29, 0.717) is 11.6 Å². The lowest BCUT2D eigenvalue weighted by atomic mass is 9.82. The summed E-state index contributed by atoms with van der Waals surface area (Å²) in [4.78, 5) is 11.4. The minimum Gasteiger partial charge on any atom is -0.479 e. The first-order chi connectivity index (χ1) is 7.43. The standard InChI is InChI=1S/C10H16N2O4/c1-10(2,8(11)9(13)15-4)6-5-7(14-3)12-16-6/h5,8H,11H2,1-4H3. The number of hydrogen-bond acceptors (Lipinski definition) is 6. The summed E-state index contributed by atoms with van der Waals surface area (Å²) in [6.07, 6.45) is 0. The van der Waals surface area contributed by atoms with E-state index in [2.05, 4.69) is 9.89 Å². The predicted octanol–water partition coefficient (Wildman–Crippen LogP) is 0.461. The zero-order valence-corrected chi connectivity index (χ0v) is 9.81. The highest BCUT2D eigenvalue weighted by Gasteiger charge is 2.38. The maximum Gasteiger partial charge on any atom is 0.323 e. The van der Waals surface area contributed by atoms with Crippen molar-refractivity contribution in [3.05, 3.63) is 11.8 Å². The molecule has 1 unspecified atom stereocenters. The first-order valence-corrected chi connectivity index (χ1v) is 4.78. The lowest BCUT2D eigenvalue weighted by Crippen LogP contribution is -2.47. The fourth-order valence-electron chi connectivity index (χ4n) is 1.23. The summed E-state index contributed by atoms with van der Waals surface area (Å²) >= 11 is 0. The summed E-state index contributed by atoms with van der Waals surface area (Å²) in [5.74, 6) is 0.322. The zero-order chi connectivity index (χ0) is 12.3. The third kappa shape index (κ3) is 2.16. The molecule has 6 nitrogen and oxygen atoms in total. The molecule has 0 radical (unpaired) electrons. The lowest BCUT2D eigenvalue weighted by molar-refractivity contribution is -0.143. The van der Waals surface area contributed by atoms with Crippen LogP contribution in [0.4, 0.5) is 0 Å². The number of aromatic nitrogens is 1. The van der Waals surface area contributed by atoms with E-state index in [1.165, 1.54) is 14.2 Å². The van der Waals surface area contributed by atoms with Crippen molar-refractivity contribution < 1.29 is 18.8 Å². The summed E-state index contributed by atoms with van der Waals surface area (Å²) in [6.45, 7) is 3.54. The second kappa shape index (κ2) is 4.52. The Morgan fingerprint density at radius 3 is 2.62 bits per heavy atom. The van der Waals surface area contributed by atoms with Gasteiger partial charge in [0, 0.05) is 6.07 Å². The molecular formula is C10H16N2O4. The van der Waals surface area contributed by atoms with Gasteiger partial charge in [0.05, 0.1) is 19.6 Å². The molecule has 0 saturated heterocycles. The molecule has 1 heterocycles. The van der Waals surface area contributed by atoms with Crippen LogP contribution in [0.1, 0.15) is 19.6 Å². The topological polar surface area (TPSA) is 87.6 Å². The number of rotatable bonds is 4. The van der Waals surface area contributed by atoms with Crippen molar-refractivity contribution in [3.63, 3.8) is 0 Å². The Labute approximate surface area is 93.7 Å². The molecule has 0 bridgehead atoms. The van der Waals surface area contributed by atoms with Gasteiger partial charge in [0.15, 0.2) is 0 Å². The van der Waals surface area contributed by atoms with Crippen molar-refractivity contribution in [1.29, 1.82) is 0 Å². The number of hydrogen-bond donors (Lipinski definition) is 1. The third-order valence-electron chi connectivity index (χ3n) is 2.57. The molecule has 0 saturated carbocycles.